The van der Waals surface area contributed by atoms with Gasteiger partial charge in [0.05, 0.1) is 0 Å². The zero-order valence-corrected chi connectivity index (χ0v) is 18.0. The van der Waals surface area contributed by atoms with Gasteiger partial charge in [-0.15, -0.1) is 24.0 Å². The molecule has 0 aliphatic carbocycles. The number of aliphatic imine (C=N–C) groups is 1. The molecule has 0 unspecified atom stereocenters. The smallest absolute Gasteiger partial charge is 0.193 e. The van der Waals surface area contributed by atoms with E-state index >= 15 is 0 Å². The maximum Gasteiger partial charge on any atom is 0.193 e. The summed E-state index contributed by atoms with van der Waals surface area (Å²) in [6, 6.07) is 10.9. The minimum atomic E-state index is 0. The molecule has 1 aromatic carbocycles. The van der Waals surface area contributed by atoms with Crippen LogP contribution < -0.4 is 5.32 Å². The van der Waals surface area contributed by atoms with Crippen LogP contribution in [-0.2, 0) is 19.4 Å². The summed E-state index contributed by atoms with van der Waals surface area (Å²) in [7, 11) is 3.90. The first-order valence-corrected chi connectivity index (χ1v) is 8.53. The molecule has 1 aromatic heterocycles. The highest BCUT2D eigenvalue weighted by molar-refractivity contribution is 14.0. The lowest BCUT2D eigenvalue weighted by atomic mass is 10.1. The number of aryl methyl sites for hydroxylation is 2. The minimum Gasteiger partial charge on any atom is -0.356 e. The van der Waals surface area contributed by atoms with Gasteiger partial charge >= 0.3 is 0 Å². The Morgan fingerprint density at radius 2 is 1.84 bits per heavy atom. The second-order valence-electron chi connectivity index (χ2n) is 6.05. The molecule has 0 aliphatic heterocycles. The molecule has 2 aromatic rings. The van der Waals surface area contributed by atoms with Gasteiger partial charge in [-0.25, -0.2) is 0 Å². The first kappa shape index (κ1) is 21.4. The Morgan fingerprint density at radius 3 is 2.44 bits per heavy atom. The zero-order valence-electron chi connectivity index (χ0n) is 15.6. The summed E-state index contributed by atoms with van der Waals surface area (Å²) < 4.78 is 0. The first-order valence-electron chi connectivity index (χ1n) is 8.53. The average molecular weight is 452 g/mol. The highest BCUT2D eigenvalue weighted by Crippen LogP contribution is 2.08. The van der Waals surface area contributed by atoms with Crippen LogP contribution in [0.25, 0.3) is 0 Å². The molecule has 0 saturated heterocycles. The van der Waals surface area contributed by atoms with Crippen molar-refractivity contribution in [3.05, 3.63) is 65.0 Å². The Morgan fingerprint density at radius 1 is 1.16 bits per heavy atom. The lowest BCUT2D eigenvalue weighted by Gasteiger charge is -2.22. The fourth-order valence-electron chi connectivity index (χ4n) is 2.71. The molecule has 4 nitrogen and oxygen atoms in total. The summed E-state index contributed by atoms with van der Waals surface area (Å²) in [4.78, 5) is 10.7. The summed E-state index contributed by atoms with van der Waals surface area (Å²) in [6.45, 7) is 5.98. The molecule has 1 N–H and O–H groups in total. The van der Waals surface area contributed by atoms with Crippen molar-refractivity contribution in [2.24, 2.45) is 4.99 Å². The minimum absolute atomic E-state index is 0. The second-order valence-corrected chi connectivity index (χ2v) is 6.05. The molecule has 0 radical (unpaired) electrons. The van der Waals surface area contributed by atoms with E-state index in [4.69, 9.17) is 0 Å². The largest absolute Gasteiger partial charge is 0.356 e. The second kappa shape index (κ2) is 11.1. The number of benzene rings is 1. The molecule has 0 atom stereocenters. The van der Waals surface area contributed by atoms with Gasteiger partial charge < -0.3 is 10.2 Å². The monoisotopic (exact) mass is 452 g/mol. The number of pyridine rings is 1. The van der Waals surface area contributed by atoms with E-state index in [1.807, 2.05) is 19.4 Å². The van der Waals surface area contributed by atoms with Crippen molar-refractivity contribution in [2.45, 2.75) is 33.2 Å². The average Bonchev–Trinajstić information content (AvgIpc) is 2.60. The number of hydrogen-bond acceptors (Lipinski definition) is 2. The molecule has 25 heavy (non-hydrogen) atoms. The molecular weight excluding hydrogens is 423 g/mol. The topological polar surface area (TPSA) is 40.5 Å². The van der Waals surface area contributed by atoms with E-state index in [0.717, 1.165) is 31.9 Å². The molecule has 0 aliphatic rings. The number of hydrogen-bond donors (Lipinski definition) is 1. The third kappa shape index (κ3) is 6.65. The van der Waals surface area contributed by atoms with Gasteiger partial charge in [-0.1, -0.05) is 31.2 Å². The van der Waals surface area contributed by atoms with Crippen LogP contribution in [0.2, 0.25) is 0 Å². The number of aromatic nitrogens is 1. The molecule has 5 heteroatoms. The van der Waals surface area contributed by atoms with Gasteiger partial charge in [-0.2, -0.15) is 0 Å². The van der Waals surface area contributed by atoms with Crippen LogP contribution in [0.3, 0.4) is 0 Å². The lowest BCUT2D eigenvalue weighted by molar-refractivity contribution is 0.477. The van der Waals surface area contributed by atoms with Crippen molar-refractivity contribution in [3.63, 3.8) is 0 Å². The van der Waals surface area contributed by atoms with E-state index in [-0.39, 0.29) is 24.0 Å². The zero-order chi connectivity index (χ0) is 17.4. The van der Waals surface area contributed by atoms with Crippen LogP contribution in [-0.4, -0.2) is 36.5 Å². The van der Waals surface area contributed by atoms with Gasteiger partial charge in [-0.05, 0) is 48.1 Å². The van der Waals surface area contributed by atoms with Crippen LogP contribution in [0.1, 0.15) is 29.2 Å². The van der Waals surface area contributed by atoms with E-state index in [2.05, 4.69) is 71.4 Å². The van der Waals surface area contributed by atoms with Crippen LogP contribution in [0, 0.1) is 6.92 Å². The molecule has 0 saturated carbocycles. The predicted molar refractivity (Wildman–Crippen MR) is 117 cm³/mol. The first-order chi connectivity index (χ1) is 11.6. The van der Waals surface area contributed by atoms with E-state index in [1.165, 1.54) is 22.3 Å². The number of nitrogens with zero attached hydrogens (tertiary/aromatic N) is 3. The Labute approximate surface area is 168 Å². The Kier molecular flexibility index (Phi) is 9.49. The van der Waals surface area contributed by atoms with Crippen molar-refractivity contribution < 1.29 is 0 Å². The highest BCUT2D eigenvalue weighted by Gasteiger charge is 2.07. The van der Waals surface area contributed by atoms with Crippen molar-refractivity contribution in [2.75, 3.05) is 20.6 Å². The van der Waals surface area contributed by atoms with Gasteiger partial charge in [0.15, 0.2) is 5.96 Å². The predicted octanol–water partition coefficient (Wildman–Crippen LogP) is 3.82. The Bertz CT molecular complexity index is 668. The standard InChI is InChI=1S/C20H28N4.HI/c1-5-17-6-8-18(9-7-17)15-24(4)20(21-3)23-13-11-19-10-12-22-14-16(19)2;/h6-10,12,14H,5,11,13,15H2,1-4H3,(H,21,23);1H. The maximum absolute atomic E-state index is 4.39. The molecule has 2 rings (SSSR count). The molecule has 136 valence electrons. The molecular formula is C20H29IN4. The van der Waals surface area contributed by atoms with Gasteiger partial charge in [0.25, 0.3) is 0 Å². The lowest BCUT2D eigenvalue weighted by Crippen LogP contribution is -2.39. The van der Waals surface area contributed by atoms with E-state index in [1.54, 1.807) is 0 Å². The molecule has 0 fully saturated rings. The van der Waals surface area contributed by atoms with Crippen LogP contribution in [0.15, 0.2) is 47.7 Å². The van der Waals surface area contributed by atoms with Crippen LogP contribution >= 0.6 is 24.0 Å². The van der Waals surface area contributed by atoms with E-state index < -0.39 is 0 Å². The summed E-state index contributed by atoms with van der Waals surface area (Å²) in [6.07, 6.45) is 5.81. The summed E-state index contributed by atoms with van der Waals surface area (Å²) in [5.41, 5.74) is 5.23. The summed E-state index contributed by atoms with van der Waals surface area (Å²) in [5, 5.41) is 3.44. The SMILES string of the molecule is CCc1ccc(CN(C)C(=NC)NCCc2ccncc2C)cc1.I. The van der Waals surface area contributed by atoms with E-state index in [9.17, 15) is 0 Å². The Hall–Kier alpha value is -1.63. The van der Waals surface area contributed by atoms with Gasteiger partial charge in [0, 0.05) is 39.6 Å². The number of nitrogens with one attached hydrogen (secondary N) is 1. The van der Waals surface area contributed by atoms with Gasteiger partial charge in [0.2, 0.25) is 0 Å². The van der Waals surface area contributed by atoms with Crippen LogP contribution in [0.5, 0.6) is 0 Å². The quantitative estimate of drug-likeness (QED) is 0.412. The number of guanidine groups is 1. The molecule has 0 amide bonds. The van der Waals surface area contributed by atoms with Crippen molar-refractivity contribution >= 4 is 29.9 Å². The highest BCUT2D eigenvalue weighted by atomic mass is 127. The maximum atomic E-state index is 4.39. The third-order valence-electron chi connectivity index (χ3n) is 4.24. The number of rotatable bonds is 6. The van der Waals surface area contributed by atoms with Crippen LogP contribution in [0.4, 0.5) is 0 Å². The fraction of sp³-hybridized carbons (Fsp3) is 0.400. The van der Waals surface area contributed by atoms with Crippen molar-refractivity contribution in [3.8, 4) is 0 Å². The summed E-state index contributed by atoms with van der Waals surface area (Å²) in [5.74, 6) is 0.918. The number of halogens is 1. The summed E-state index contributed by atoms with van der Waals surface area (Å²) >= 11 is 0. The molecule has 0 spiro atoms. The van der Waals surface area contributed by atoms with Crippen molar-refractivity contribution in [1.29, 1.82) is 0 Å². The van der Waals surface area contributed by atoms with E-state index in [0.29, 0.717) is 0 Å². The fourth-order valence-corrected chi connectivity index (χ4v) is 2.71. The Balaban J connectivity index is 0.00000312. The molecule has 1 heterocycles. The van der Waals surface area contributed by atoms with Crippen molar-refractivity contribution in [1.82, 2.24) is 15.2 Å². The van der Waals surface area contributed by atoms with Gasteiger partial charge in [-0.3, -0.25) is 9.98 Å². The third-order valence-corrected chi connectivity index (χ3v) is 4.24. The molecule has 0 bridgehead atoms. The van der Waals surface area contributed by atoms with Gasteiger partial charge in [0.1, 0.15) is 0 Å². The normalized spacial score (nSPS) is 11.0.